The quantitative estimate of drug-likeness (QED) is 0.162. The molecular formula is C69H46N6. The molecule has 1 aliphatic heterocycles. The van der Waals surface area contributed by atoms with E-state index in [9.17, 15) is 0 Å². The van der Waals surface area contributed by atoms with Gasteiger partial charge < -0.3 is 19.0 Å². The number of nitrogens with one attached hydrogen (secondary N) is 1. The fraction of sp³-hybridized carbons (Fsp3) is 0.0145. The van der Waals surface area contributed by atoms with E-state index in [1.165, 1.54) is 76.6 Å². The molecule has 14 aromatic rings. The lowest BCUT2D eigenvalue weighted by Gasteiger charge is -2.23. The van der Waals surface area contributed by atoms with E-state index in [0.29, 0.717) is 5.84 Å². The molecule has 0 aliphatic carbocycles. The summed E-state index contributed by atoms with van der Waals surface area (Å²) in [6.07, 6.45) is -0.277. The minimum atomic E-state index is -0.277. The van der Waals surface area contributed by atoms with Crippen LogP contribution in [0.2, 0.25) is 0 Å². The largest absolute Gasteiger partial charge is 0.344 e. The molecule has 0 radical (unpaired) electrons. The van der Waals surface area contributed by atoms with Crippen LogP contribution in [-0.4, -0.2) is 25.4 Å². The average Bonchev–Trinajstić information content (AvgIpc) is 4.16. The van der Waals surface area contributed by atoms with E-state index >= 15 is 0 Å². The molecule has 1 atom stereocenters. The molecule has 6 nitrogen and oxygen atoms in total. The SMILES string of the molecule is c1ccc(C2=NC(c3ccc(-n4c5ccc(-c6ccc7c(c6)c6ccccc6n7-c6ccccc6)cc5c5cc(-c6ccc7c(c6)c6ccccc6n7-c6ccccc6)ccc54)cc3)=NC(c3ccccc3)N2)cc1. The minimum Gasteiger partial charge on any atom is -0.344 e. The van der Waals surface area contributed by atoms with Crippen molar-refractivity contribution in [1.29, 1.82) is 0 Å². The smallest absolute Gasteiger partial charge is 0.159 e. The molecule has 6 heteroatoms. The first-order chi connectivity index (χ1) is 37.2. The minimum absolute atomic E-state index is 0.277. The van der Waals surface area contributed by atoms with Gasteiger partial charge in [0.1, 0.15) is 12.0 Å². The standard InChI is InChI=1S/C69H46N6/c1-5-17-45(18-6-1)67-70-68(46-19-7-2-8-20-46)72-69(71-67)47-29-35-54(36-30-47)75-65-39-33-50(48-31-37-63-57(41-48)55-25-13-15-27-61(55)73(63)52-21-9-3-10-22-52)43-59(65)60-44-51(34-40-66(60)75)49-32-38-64-58(42-49)56-26-14-16-28-62(56)74(64)53-23-11-4-12-24-53/h1-44,67H,(H,70,71,72). The Morgan fingerprint density at radius 1 is 0.280 bits per heavy atom. The highest BCUT2D eigenvalue weighted by molar-refractivity contribution is 6.16. The van der Waals surface area contributed by atoms with E-state index in [0.717, 1.165) is 50.6 Å². The summed E-state index contributed by atoms with van der Waals surface area (Å²) in [4.78, 5) is 10.3. The van der Waals surface area contributed by atoms with Crippen LogP contribution in [0.1, 0.15) is 22.9 Å². The molecule has 75 heavy (non-hydrogen) atoms. The number of aromatic nitrogens is 3. The zero-order chi connectivity index (χ0) is 49.4. The number of aliphatic imine (C=N–C) groups is 2. The first-order valence-electron chi connectivity index (χ1n) is 25.6. The van der Waals surface area contributed by atoms with E-state index in [1.807, 2.05) is 24.3 Å². The molecule has 1 aliphatic rings. The maximum absolute atomic E-state index is 5.18. The topological polar surface area (TPSA) is 51.5 Å². The van der Waals surface area contributed by atoms with Crippen molar-refractivity contribution in [3.63, 3.8) is 0 Å². The molecule has 3 aromatic heterocycles. The van der Waals surface area contributed by atoms with Crippen LogP contribution >= 0.6 is 0 Å². The van der Waals surface area contributed by atoms with Crippen molar-refractivity contribution in [2.75, 3.05) is 0 Å². The van der Waals surface area contributed by atoms with E-state index in [-0.39, 0.29) is 6.17 Å². The highest BCUT2D eigenvalue weighted by atomic mass is 15.2. The van der Waals surface area contributed by atoms with Crippen molar-refractivity contribution in [2.24, 2.45) is 9.98 Å². The summed E-state index contributed by atoms with van der Waals surface area (Å²) >= 11 is 0. The van der Waals surface area contributed by atoms with Gasteiger partial charge in [0.2, 0.25) is 0 Å². The van der Waals surface area contributed by atoms with Crippen LogP contribution in [0.15, 0.2) is 277 Å². The molecule has 0 spiro atoms. The van der Waals surface area contributed by atoms with Crippen LogP contribution in [0.4, 0.5) is 0 Å². The lowest BCUT2D eigenvalue weighted by Crippen LogP contribution is -2.33. The zero-order valence-electron chi connectivity index (χ0n) is 40.7. The van der Waals surface area contributed by atoms with Crippen molar-refractivity contribution in [1.82, 2.24) is 19.0 Å². The average molecular weight is 959 g/mol. The third-order valence-electron chi connectivity index (χ3n) is 15.1. The van der Waals surface area contributed by atoms with Gasteiger partial charge in [-0.05, 0) is 137 Å². The molecule has 0 saturated carbocycles. The maximum atomic E-state index is 5.18. The molecule has 352 valence electrons. The van der Waals surface area contributed by atoms with Crippen LogP contribution < -0.4 is 5.32 Å². The molecule has 0 amide bonds. The third-order valence-corrected chi connectivity index (χ3v) is 15.1. The Labute approximate surface area is 433 Å². The van der Waals surface area contributed by atoms with Gasteiger partial charge in [-0.3, -0.25) is 0 Å². The number of amidine groups is 2. The van der Waals surface area contributed by atoms with E-state index in [1.54, 1.807) is 0 Å². The second-order valence-corrected chi connectivity index (χ2v) is 19.4. The first-order valence-corrected chi connectivity index (χ1v) is 25.6. The van der Waals surface area contributed by atoms with Crippen LogP contribution in [0.3, 0.4) is 0 Å². The Morgan fingerprint density at radius 3 is 1.08 bits per heavy atom. The van der Waals surface area contributed by atoms with E-state index < -0.39 is 0 Å². The lowest BCUT2D eigenvalue weighted by atomic mass is 9.98. The zero-order valence-corrected chi connectivity index (χ0v) is 40.7. The van der Waals surface area contributed by atoms with Gasteiger partial charge in [0.25, 0.3) is 0 Å². The summed E-state index contributed by atoms with van der Waals surface area (Å²) in [6.45, 7) is 0. The second-order valence-electron chi connectivity index (χ2n) is 19.4. The number of benzene rings is 11. The van der Waals surface area contributed by atoms with Gasteiger partial charge in [0.05, 0.1) is 33.1 Å². The van der Waals surface area contributed by atoms with Crippen molar-refractivity contribution in [2.45, 2.75) is 6.17 Å². The van der Waals surface area contributed by atoms with Crippen LogP contribution in [-0.2, 0) is 0 Å². The third kappa shape index (κ3) is 7.10. The summed E-state index contributed by atoms with van der Waals surface area (Å²) in [7, 11) is 0. The first kappa shape index (κ1) is 42.6. The van der Waals surface area contributed by atoms with Crippen molar-refractivity contribution in [3.05, 3.63) is 284 Å². The van der Waals surface area contributed by atoms with Crippen molar-refractivity contribution < 1.29 is 0 Å². The molecule has 11 aromatic carbocycles. The van der Waals surface area contributed by atoms with Crippen LogP contribution in [0.5, 0.6) is 0 Å². The van der Waals surface area contributed by atoms with Crippen molar-refractivity contribution in [3.8, 4) is 39.3 Å². The molecule has 15 rings (SSSR count). The molecule has 1 N–H and O–H groups in total. The number of fused-ring (bicyclic) bond motifs is 9. The second kappa shape index (κ2) is 17.3. The lowest BCUT2D eigenvalue weighted by molar-refractivity contribution is 0.674. The number of nitrogens with zero attached hydrogens (tertiary/aromatic N) is 5. The number of rotatable bonds is 8. The Balaban J connectivity index is 0.889. The number of hydrogen-bond donors (Lipinski definition) is 1. The Hall–Kier alpha value is -10.0. The summed E-state index contributed by atoms with van der Waals surface area (Å²) in [6, 6.07) is 96.1. The van der Waals surface area contributed by atoms with Crippen molar-refractivity contribution >= 4 is 77.1 Å². The Morgan fingerprint density at radius 2 is 0.627 bits per heavy atom. The van der Waals surface area contributed by atoms with Crippen LogP contribution in [0.25, 0.3) is 105 Å². The molecule has 4 heterocycles. The van der Waals surface area contributed by atoms with Gasteiger partial charge in [0.15, 0.2) is 5.84 Å². The Kier molecular flexibility index (Phi) is 9.85. The molecule has 1 unspecified atom stereocenters. The molecule has 0 saturated heterocycles. The summed E-state index contributed by atoms with van der Waals surface area (Å²) in [5.41, 5.74) is 18.1. The highest BCUT2D eigenvalue weighted by Gasteiger charge is 2.23. The van der Waals surface area contributed by atoms with Gasteiger partial charge in [-0.25, -0.2) is 9.98 Å². The molecule has 0 bridgehead atoms. The molecular weight excluding hydrogens is 913 g/mol. The van der Waals surface area contributed by atoms with Gasteiger partial charge in [-0.1, -0.05) is 158 Å². The van der Waals surface area contributed by atoms with Crippen LogP contribution in [0, 0.1) is 0 Å². The maximum Gasteiger partial charge on any atom is 0.159 e. The van der Waals surface area contributed by atoms with E-state index in [2.05, 4.69) is 262 Å². The number of hydrogen-bond acceptors (Lipinski definition) is 3. The normalized spacial score (nSPS) is 13.7. The van der Waals surface area contributed by atoms with Gasteiger partial charge in [-0.15, -0.1) is 0 Å². The van der Waals surface area contributed by atoms with Gasteiger partial charge in [0, 0.05) is 60.5 Å². The molecule has 0 fully saturated rings. The van der Waals surface area contributed by atoms with E-state index in [4.69, 9.17) is 9.98 Å². The predicted molar refractivity (Wildman–Crippen MR) is 312 cm³/mol. The monoisotopic (exact) mass is 958 g/mol. The highest BCUT2D eigenvalue weighted by Crippen LogP contribution is 2.41. The van der Waals surface area contributed by atoms with Gasteiger partial charge >= 0.3 is 0 Å². The fourth-order valence-electron chi connectivity index (χ4n) is 11.6. The summed E-state index contributed by atoms with van der Waals surface area (Å²) in [5.74, 6) is 1.49. The predicted octanol–water partition coefficient (Wildman–Crippen LogP) is 16.8. The van der Waals surface area contributed by atoms with Gasteiger partial charge in [-0.2, -0.15) is 0 Å². The summed E-state index contributed by atoms with van der Waals surface area (Å²) in [5, 5.41) is 10.9. The fourth-order valence-corrected chi connectivity index (χ4v) is 11.6. The number of para-hydroxylation sites is 4. The Bertz CT molecular complexity index is 4370. The summed E-state index contributed by atoms with van der Waals surface area (Å²) < 4.78 is 7.16.